The predicted octanol–water partition coefficient (Wildman–Crippen LogP) is 3.16. The minimum Gasteiger partial charge on any atom is -0.477 e. The summed E-state index contributed by atoms with van der Waals surface area (Å²) in [6.45, 7) is 2.32. The SMILES string of the molecule is CCn1c(C(=O)O)cnc1Oc1ccc(Br)cc1. The van der Waals surface area contributed by atoms with Gasteiger partial charge >= 0.3 is 12.0 Å². The van der Waals surface area contributed by atoms with Gasteiger partial charge in [0.2, 0.25) is 0 Å². The Morgan fingerprint density at radius 1 is 1.44 bits per heavy atom. The fraction of sp³-hybridized carbons (Fsp3) is 0.167. The molecule has 5 nitrogen and oxygen atoms in total. The highest BCUT2D eigenvalue weighted by atomic mass is 79.9. The summed E-state index contributed by atoms with van der Waals surface area (Å²) < 4.78 is 8.00. The molecule has 0 aliphatic rings. The van der Waals surface area contributed by atoms with Crippen LogP contribution in [0.1, 0.15) is 17.4 Å². The highest BCUT2D eigenvalue weighted by Crippen LogP contribution is 2.23. The van der Waals surface area contributed by atoms with Crippen LogP contribution < -0.4 is 4.74 Å². The van der Waals surface area contributed by atoms with E-state index in [1.54, 1.807) is 12.1 Å². The van der Waals surface area contributed by atoms with E-state index in [0.29, 0.717) is 12.3 Å². The molecule has 1 N–H and O–H groups in total. The van der Waals surface area contributed by atoms with Crippen molar-refractivity contribution in [3.8, 4) is 11.8 Å². The number of carboxylic acids is 1. The van der Waals surface area contributed by atoms with Crippen molar-refractivity contribution in [3.63, 3.8) is 0 Å². The maximum atomic E-state index is 11.0. The Labute approximate surface area is 112 Å². The molecule has 0 spiro atoms. The van der Waals surface area contributed by atoms with Gasteiger partial charge in [0, 0.05) is 11.0 Å². The molecule has 0 aliphatic heterocycles. The second kappa shape index (κ2) is 5.22. The van der Waals surface area contributed by atoms with Gasteiger partial charge in [0.25, 0.3) is 0 Å². The zero-order valence-corrected chi connectivity index (χ0v) is 11.2. The third-order valence-electron chi connectivity index (χ3n) is 2.38. The first-order valence-electron chi connectivity index (χ1n) is 5.34. The van der Waals surface area contributed by atoms with Crippen molar-refractivity contribution in [3.05, 3.63) is 40.6 Å². The minimum atomic E-state index is -1.02. The van der Waals surface area contributed by atoms with Crippen LogP contribution in [0.15, 0.2) is 34.9 Å². The number of carbonyl (C=O) groups is 1. The Hall–Kier alpha value is -1.82. The predicted molar refractivity (Wildman–Crippen MR) is 69.1 cm³/mol. The van der Waals surface area contributed by atoms with Crippen molar-refractivity contribution in [2.75, 3.05) is 0 Å². The van der Waals surface area contributed by atoms with Gasteiger partial charge in [0.05, 0.1) is 6.20 Å². The molecule has 0 fully saturated rings. The smallest absolute Gasteiger partial charge is 0.354 e. The molecule has 1 heterocycles. The number of benzene rings is 1. The average Bonchev–Trinajstić information content (AvgIpc) is 2.75. The lowest BCUT2D eigenvalue weighted by Crippen LogP contribution is -2.08. The first kappa shape index (κ1) is 12.6. The zero-order chi connectivity index (χ0) is 13.1. The molecule has 1 aromatic heterocycles. The molecular formula is C12H11BrN2O3. The fourth-order valence-corrected chi connectivity index (χ4v) is 1.79. The average molecular weight is 311 g/mol. The van der Waals surface area contributed by atoms with E-state index in [1.807, 2.05) is 19.1 Å². The summed E-state index contributed by atoms with van der Waals surface area (Å²) in [6.07, 6.45) is 1.29. The normalized spacial score (nSPS) is 10.3. The van der Waals surface area contributed by atoms with Gasteiger partial charge in [-0.3, -0.25) is 4.57 Å². The number of halogens is 1. The summed E-state index contributed by atoms with van der Waals surface area (Å²) in [6, 6.07) is 7.51. The van der Waals surface area contributed by atoms with Crippen LogP contribution in [0.25, 0.3) is 0 Å². The molecule has 0 saturated carbocycles. The van der Waals surface area contributed by atoms with Crippen LogP contribution in [0.5, 0.6) is 11.8 Å². The first-order chi connectivity index (χ1) is 8.61. The number of imidazole rings is 1. The molecule has 0 aliphatic carbocycles. The van der Waals surface area contributed by atoms with E-state index in [4.69, 9.17) is 9.84 Å². The van der Waals surface area contributed by atoms with Crippen molar-refractivity contribution >= 4 is 21.9 Å². The van der Waals surface area contributed by atoms with Crippen molar-refractivity contribution in [1.82, 2.24) is 9.55 Å². The van der Waals surface area contributed by atoms with E-state index < -0.39 is 5.97 Å². The second-order valence-electron chi connectivity index (χ2n) is 3.53. The van der Waals surface area contributed by atoms with E-state index in [1.165, 1.54) is 10.8 Å². The summed E-state index contributed by atoms with van der Waals surface area (Å²) in [5.74, 6) is -0.412. The maximum absolute atomic E-state index is 11.0. The van der Waals surface area contributed by atoms with Gasteiger partial charge in [-0.25, -0.2) is 9.78 Å². The number of aromatic carboxylic acids is 1. The van der Waals surface area contributed by atoms with Crippen LogP contribution in [0.4, 0.5) is 0 Å². The van der Waals surface area contributed by atoms with Gasteiger partial charge in [-0.15, -0.1) is 0 Å². The monoisotopic (exact) mass is 310 g/mol. The summed E-state index contributed by atoms with van der Waals surface area (Å²) in [5, 5.41) is 8.99. The molecular weight excluding hydrogens is 300 g/mol. The Bertz CT molecular complexity index is 563. The number of carboxylic acid groups (broad SMARTS) is 1. The van der Waals surface area contributed by atoms with Crippen LogP contribution >= 0.6 is 15.9 Å². The topological polar surface area (TPSA) is 64.4 Å². The zero-order valence-electron chi connectivity index (χ0n) is 9.63. The quantitative estimate of drug-likeness (QED) is 0.942. The molecule has 0 unspecified atom stereocenters. The Kier molecular flexibility index (Phi) is 3.66. The van der Waals surface area contributed by atoms with Crippen molar-refractivity contribution in [2.24, 2.45) is 0 Å². The molecule has 0 radical (unpaired) electrons. The summed E-state index contributed by atoms with van der Waals surface area (Å²) >= 11 is 3.33. The number of hydrogen-bond acceptors (Lipinski definition) is 3. The number of nitrogens with zero attached hydrogens (tertiary/aromatic N) is 2. The van der Waals surface area contributed by atoms with Crippen LogP contribution in [0.2, 0.25) is 0 Å². The molecule has 0 amide bonds. The highest BCUT2D eigenvalue weighted by molar-refractivity contribution is 9.10. The summed E-state index contributed by atoms with van der Waals surface area (Å²) in [7, 11) is 0. The summed E-state index contributed by atoms with van der Waals surface area (Å²) in [5.41, 5.74) is 0.115. The van der Waals surface area contributed by atoms with E-state index in [0.717, 1.165) is 4.47 Å². The Balaban J connectivity index is 2.29. The molecule has 6 heteroatoms. The maximum Gasteiger partial charge on any atom is 0.354 e. The number of hydrogen-bond donors (Lipinski definition) is 1. The molecule has 0 bridgehead atoms. The molecule has 0 saturated heterocycles. The number of rotatable bonds is 4. The van der Waals surface area contributed by atoms with Gasteiger partial charge in [-0.2, -0.15) is 0 Å². The Morgan fingerprint density at radius 3 is 2.67 bits per heavy atom. The highest BCUT2D eigenvalue weighted by Gasteiger charge is 2.15. The second-order valence-corrected chi connectivity index (χ2v) is 4.45. The van der Waals surface area contributed by atoms with Crippen molar-refractivity contribution < 1.29 is 14.6 Å². The molecule has 94 valence electrons. The fourth-order valence-electron chi connectivity index (χ4n) is 1.52. The molecule has 1 aromatic carbocycles. The van der Waals surface area contributed by atoms with Crippen LogP contribution in [0.3, 0.4) is 0 Å². The van der Waals surface area contributed by atoms with E-state index in [9.17, 15) is 4.79 Å². The van der Waals surface area contributed by atoms with Crippen LogP contribution in [-0.4, -0.2) is 20.6 Å². The lowest BCUT2D eigenvalue weighted by molar-refractivity contribution is 0.0684. The molecule has 18 heavy (non-hydrogen) atoms. The Morgan fingerprint density at radius 2 is 2.11 bits per heavy atom. The standard InChI is InChI=1S/C12H11BrN2O3/c1-2-15-10(11(16)17)7-14-12(15)18-9-5-3-8(13)4-6-9/h3-7H,2H2,1H3,(H,16,17). The van der Waals surface area contributed by atoms with Gasteiger partial charge in [0.1, 0.15) is 11.4 Å². The van der Waals surface area contributed by atoms with Crippen LogP contribution in [0, 0.1) is 0 Å². The van der Waals surface area contributed by atoms with Crippen molar-refractivity contribution in [2.45, 2.75) is 13.5 Å². The first-order valence-corrected chi connectivity index (χ1v) is 6.13. The lowest BCUT2D eigenvalue weighted by atomic mass is 10.3. The third-order valence-corrected chi connectivity index (χ3v) is 2.91. The van der Waals surface area contributed by atoms with E-state index in [-0.39, 0.29) is 11.7 Å². The summed E-state index contributed by atoms with van der Waals surface area (Å²) in [4.78, 5) is 14.9. The number of aromatic nitrogens is 2. The molecule has 2 rings (SSSR count). The van der Waals surface area contributed by atoms with Gasteiger partial charge < -0.3 is 9.84 Å². The van der Waals surface area contributed by atoms with E-state index in [2.05, 4.69) is 20.9 Å². The van der Waals surface area contributed by atoms with Crippen LogP contribution in [-0.2, 0) is 6.54 Å². The largest absolute Gasteiger partial charge is 0.477 e. The van der Waals surface area contributed by atoms with Gasteiger partial charge in [-0.1, -0.05) is 15.9 Å². The minimum absolute atomic E-state index is 0.115. The molecule has 2 aromatic rings. The van der Waals surface area contributed by atoms with Crippen molar-refractivity contribution in [1.29, 1.82) is 0 Å². The van der Waals surface area contributed by atoms with Gasteiger partial charge in [0.15, 0.2) is 0 Å². The van der Waals surface area contributed by atoms with Gasteiger partial charge in [-0.05, 0) is 31.2 Å². The third kappa shape index (κ3) is 2.53. The number of ether oxygens (including phenoxy) is 1. The molecule has 0 atom stereocenters. The lowest BCUT2D eigenvalue weighted by Gasteiger charge is -2.08. The van der Waals surface area contributed by atoms with E-state index >= 15 is 0 Å².